The maximum absolute atomic E-state index is 6.29. The topological polar surface area (TPSA) is 39.1 Å². The first-order valence-corrected chi connectivity index (χ1v) is 8.15. The number of ether oxygens (including phenoxy) is 1. The van der Waals surface area contributed by atoms with Crippen molar-refractivity contribution in [2.24, 2.45) is 5.41 Å². The zero-order valence-electron chi connectivity index (χ0n) is 12.8. The number of rotatable bonds is 4. The first-order valence-electron chi connectivity index (χ1n) is 8.15. The van der Waals surface area contributed by atoms with Crippen molar-refractivity contribution >= 4 is 0 Å². The summed E-state index contributed by atoms with van der Waals surface area (Å²) < 4.78 is 8.22. The fourth-order valence-electron chi connectivity index (χ4n) is 4.12. The Bertz CT molecular complexity index is 435. The summed E-state index contributed by atoms with van der Waals surface area (Å²) in [6.07, 6.45) is 13.5. The molecule has 112 valence electrons. The molecule has 1 spiro atoms. The number of hydrogen-bond donors (Lipinski definition) is 1. The van der Waals surface area contributed by atoms with E-state index in [1.54, 1.807) is 0 Å². The van der Waals surface area contributed by atoms with Crippen LogP contribution in [0, 0.1) is 5.41 Å². The minimum atomic E-state index is 0.361. The second-order valence-corrected chi connectivity index (χ2v) is 6.36. The molecule has 3 rings (SSSR count). The minimum Gasteiger partial charge on any atom is -0.486 e. The minimum absolute atomic E-state index is 0.361. The van der Waals surface area contributed by atoms with Crippen LogP contribution in [-0.2, 0) is 6.54 Å². The molecule has 2 saturated carbocycles. The predicted octanol–water partition coefficient (Wildman–Crippen LogP) is 2.98. The Labute approximate surface area is 121 Å². The third kappa shape index (κ3) is 2.34. The van der Waals surface area contributed by atoms with Gasteiger partial charge in [-0.05, 0) is 26.8 Å². The van der Waals surface area contributed by atoms with E-state index in [1.807, 2.05) is 17.1 Å². The quantitative estimate of drug-likeness (QED) is 0.919. The molecule has 1 heterocycles. The van der Waals surface area contributed by atoms with Crippen molar-refractivity contribution in [1.29, 1.82) is 0 Å². The Morgan fingerprint density at radius 2 is 2.10 bits per heavy atom. The van der Waals surface area contributed by atoms with Crippen LogP contribution in [0.25, 0.3) is 0 Å². The summed E-state index contributed by atoms with van der Waals surface area (Å²) in [7, 11) is 2.10. The van der Waals surface area contributed by atoms with E-state index in [2.05, 4.69) is 24.4 Å². The average molecular weight is 277 g/mol. The van der Waals surface area contributed by atoms with Crippen molar-refractivity contribution in [3.63, 3.8) is 0 Å². The van der Waals surface area contributed by atoms with Gasteiger partial charge in [-0.25, -0.2) is 0 Å². The number of nitrogens with one attached hydrogen (secondary N) is 1. The van der Waals surface area contributed by atoms with E-state index >= 15 is 0 Å². The normalized spacial score (nSPS) is 28.9. The molecule has 2 aliphatic carbocycles. The number of aromatic nitrogens is 2. The van der Waals surface area contributed by atoms with Gasteiger partial charge in [-0.3, -0.25) is 4.68 Å². The largest absolute Gasteiger partial charge is 0.486 e. The van der Waals surface area contributed by atoms with Gasteiger partial charge in [0.05, 0.1) is 12.4 Å². The molecule has 4 nitrogen and oxygen atoms in total. The highest BCUT2D eigenvalue weighted by Crippen LogP contribution is 2.52. The summed E-state index contributed by atoms with van der Waals surface area (Å²) in [5.41, 5.74) is 0.361. The lowest BCUT2D eigenvalue weighted by Gasteiger charge is -2.55. The molecule has 0 bridgehead atoms. The Balaban J connectivity index is 1.72. The highest BCUT2D eigenvalue weighted by Gasteiger charge is 2.55. The Morgan fingerprint density at radius 1 is 1.35 bits per heavy atom. The summed E-state index contributed by atoms with van der Waals surface area (Å²) >= 11 is 0. The number of aryl methyl sites for hydroxylation is 1. The molecule has 0 aromatic carbocycles. The monoisotopic (exact) mass is 277 g/mol. The third-order valence-corrected chi connectivity index (χ3v) is 5.38. The average Bonchev–Trinajstić information content (AvgIpc) is 2.75. The van der Waals surface area contributed by atoms with Crippen LogP contribution in [0.3, 0.4) is 0 Å². The van der Waals surface area contributed by atoms with Crippen molar-refractivity contribution < 1.29 is 4.74 Å². The molecule has 2 atom stereocenters. The van der Waals surface area contributed by atoms with Crippen LogP contribution < -0.4 is 10.1 Å². The molecule has 4 heteroatoms. The summed E-state index contributed by atoms with van der Waals surface area (Å²) in [5.74, 6) is 0.940. The number of hydrogen-bond acceptors (Lipinski definition) is 3. The molecule has 20 heavy (non-hydrogen) atoms. The molecule has 1 aromatic rings. The molecule has 0 aliphatic heterocycles. The highest BCUT2D eigenvalue weighted by molar-refractivity contribution is 5.17. The first kappa shape index (κ1) is 13.9. The van der Waals surface area contributed by atoms with Crippen LogP contribution in [-0.4, -0.2) is 29.0 Å². The van der Waals surface area contributed by atoms with Gasteiger partial charge in [0.2, 0.25) is 0 Å². The van der Waals surface area contributed by atoms with Crippen LogP contribution in [0.1, 0.15) is 51.9 Å². The molecule has 0 radical (unpaired) electrons. The van der Waals surface area contributed by atoms with E-state index in [4.69, 9.17) is 4.74 Å². The number of nitrogens with zero attached hydrogens (tertiary/aromatic N) is 2. The second-order valence-electron chi connectivity index (χ2n) is 6.36. The van der Waals surface area contributed by atoms with Crippen LogP contribution >= 0.6 is 0 Å². The Kier molecular flexibility index (Phi) is 4.01. The second kappa shape index (κ2) is 5.76. The van der Waals surface area contributed by atoms with Gasteiger partial charge >= 0.3 is 0 Å². The molecule has 0 amide bonds. The van der Waals surface area contributed by atoms with E-state index in [1.165, 1.54) is 38.5 Å². The van der Waals surface area contributed by atoms with E-state index in [0.717, 1.165) is 18.7 Å². The van der Waals surface area contributed by atoms with Crippen molar-refractivity contribution in [3.05, 3.63) is 12.4 Å². The molecule has 2 aliphatic rings. The summed E-state index contributed by atoms with van der Waals surface area (Å²) in [5, 5.41) is 7.83. The summed E-state index contributed by atoms with van der Waals surface area (Å²) in [6, 6.07) is 0.631. The smallest absolute Gasteiger partial charge is 0.157 e. The lowest BCUT2D eigenvalue weighted by molar-refractivity contribution is -0.0882. The fraction of sp³-hybridized carbons (Fsp3) is 0.812. The van der Waals surface area contributed by atoms with E-state index in [-0.39, 0.29) is 0 Å². The van der Waals surface area contributed by atoms with Gasteiger partial charge in [-0.1, -0.05) is 25.7 Å². The van der Waals surface area contributed by atoms with Gasteiger partial charge in [0, 0.05) is 24.4 Å². The molecule has 0 saturated heterocycles. The van der Waals surface area contributed by atoms with Crippen LogP contribution in [0.2, 0.25) is 0 Å². The first-order chi connectivity index (χ1) is 9.78. The van der Waals surface area contributed by atoms with Gasteiger partial charge < -0.3 is 10.1 Å². The highest BCUT2D eigenvalue weighted by atomic mass is 16.5. The lowest BCUT2D eigenvalue weighted by atomic mass is 9.58. The molecule has 2 unspecified atom stereocenters. The van der Waals surface area contributed by atoms with Gasteiger partial charge in [-0.2, -0.15) is 5.10 Å². The van der Waals surface area contributed by atoms with E-state index in [9.17, 15) is 0 Å². The molecule has 2 fully saturated rings. The van der Waals surface area contributed by atoms with Crippen molar-refractivity contribution in [2.75, 3.05) is 7.05 Å². The predicted molar refractivity (Wildman–Crippen MR) is 79.9 cm³/mol. The molecular formula is C16H27N3O. The molecule has 1 aromatic heterocycles. The van der Waals surface area contributed by atoms with Crippen LogP contribution in [0.15, 0.2) is 12.4 Å². The van der Waals surface area contributed by atoms with Gasteiger partial charge in [0.25, 0.3) is 0 Å². The summed E-state index contributed by atoms with van der Waals surface area (Å²) in [6.45, 7) is 3.00. The van der Waals surface area contributed by atoms with Crippen molar-refractivity contribution in [2.45, 2.75) is 70.6 Å². The summed E-state index contributed by atoms with van der Waals surface area (Å²) in [4.78, 5) is 0. The van der Waals surface area contributed by atoms with E-state index in [0.29, 0.717) is 17.6 Å². The Hall–Kier alpha value is -1.03. The standard InChI is InChI=1S/C16H27N3O/c1-3-19-12-13(11-18-19)20-15-10-14(17-2)16(15)8-6-4-5-7-9-16/h11-12,14-15,17H,3-10H2,1-2H3. The molecule has 1 N–H and O–H groups in total. The zero-order valence-corrected chi connectivity index (χ0v) is 12.8. The third-order valence-electron chi connectivity index (χ3n) is 5.38. The van der Waals surface area contributed by atoms with Gasteiger partial charge in [0.1, 0.15) is 6.10 Å². The van der Waals surface area contributed by atoms with Crippen LogP contribution in [0.4, 0.5) is 0 Å². The van der Waals surface area contributed by atoms with Crippen LogP contribution in [0.5, 0.6) is 5.75 Å². The van der Waals surface area contributed by atoms with Gasteiger partial charge in [-0.15, -0.1) is 0 Å². The van der Waals surface area contributed by atoms with Crippen molar-refractivity contribution in [1.82, 2.24) is 15.1 Å². The van der Waals surface area contributed by atoms with Gasteiger partial charge in [0.15, 0.2) is 5.75 Å². The maximum atomic E-state index is 6.29. The van der Waals surface area contributed by atoms with Crippen molar-refractivity contribution in [3.8, 4) is 5.75 Å². The SMILES string of the molecule is CCn1cc(OC2CC(NC)C23CCCCCC3)cn1. The fourth-order valence-corrected chi connectivity index (χ4v) is 4.12. The van der Waals surface area contributed by atoms with E-state index < -0.39 is 0 Å². The molecular weight excluding hydrogens is 250 g/mol. The lowest BCUT2D eigenvalue weighted by Crippen LogP contribution is -2.64. The maximum Gasteiger partial charge on any atom is 0.157 e. The Morgan fingerprint density at radius 3 is 2.70 bits per heavy atom. The zero-order chi connectivity index (χ0) is 14.0.